The van der Waals surface area contributed by atoms with Crippen molar-refractivity contribution in [1.82, 2.24) is 14.8 Å². The Balaban J connectivity index is 1.82. The largest absolute Gasteiger partial charge is 0.302 e. The van der Waals surface area contributed by atoms with E-state index in [1.165, 1.54) is 5.56 Å². The highest BCUT2D eigenvalue weighted by molar-refractivity contribution is 9.10. The van der Waals surface area contributed by atoms with Gasteiger partial charge in [0.2, 0.25) is 0 Å². The molecule has 0 aliphatic rings. The first kappa shape index (κ1) is 15.3. The molecule has 22 heavy (non-hydrogen) atoms. The summed E-state index contributed by atoms with van der Waals surface area (Å²) in [6.07, 6.45) is 0. The first-order valence-electron chi connectivity index (χ1n) is 7.14. The van der Waals surface area contributed by atoms with Crippen LogP contribution in [0.25, 0.3) is 11.4 Å². The van der Waals surface area contributed by atoms with Gasteiger partial charge in [0.1, 0.15) is 0 Å². The van der Waals surface area contributed by atoms with Crippen molar-refractivity contribution < 1.29 is 0 Å². The van der Waals surface area contributed by atoms with Crippen molar-refractivity contribution in [2.75, 3.05) is 0 Å². The van der Waals surface area contributed by atoms with E-state index in [4.69, 9.17) is 0 Å². The lowest BCUT2D eigenvalue weighted by atomic mass is 10.2. The summed E-state index contributed by atoms with van der Waals surface area (Å²) < 4.78 is 3.23. The fourth-order valence-corrected chi connectivity index (χ4v) is 3.44. The molecule has 3 aromatic rings. The highest BCUT2D eigenvalue weighted by Crippen LogP contribution is 2.27. The molecule has 0 N–H and O–H groups in total. The lowest BCUT2D eigenvalue weighted by Gasteiger charge is -2.07. The van der Waals surface area contributed by atoms with Gasteiger partial charge in [-0.1, -0.05) is 70.2 Å². The average Bonchev–Trinajstić information content (AvgIpc) is 2.97. The maximum Gasteiger partial charge on any atom is 0.191 e. The van der Waals surface area contributed by atoms with Gasteiger partial charge in [-0.25, -0.2) is 0 Å². The van der Waals surface area contributed by atoms with Gasteiger partial charge in [-0.2, -0.15) is 0 Å². The quantitative estimate of drug-likeness (QED) is 0.588. The van der Waals surface area contributed by atoms with Crippen LogP contribution in [0, 0.1) is 0 Å². The minimum Gasteiger partial charge on any atom is -0.302 e. The second-order valence-corrected chi connectivity index (χ2v) is 6.69. The Kier molecular flexibility index (Phi) is 4.95. The van der Waals surface area contributed by atoms with Crippen molar-refractivity contribution in [3.05, 3.63) is 64.6 Å². The zero-order valence-corrected chi connectivity index (χ0v) is 14.6. The van der Waals surface area contributed by atoms with E-state index in [1.807, 2.05) is 18.2 Å². The Morgan fingerprint density at radius 1 is 1.00 bits per heavy atom. The molecular weight excluding hydrogens is 358 g/mol. The second kappa shape index (κ2) is 7.11. The molecule has 2 aromatic carbocycles. The third-order valence-corrected chi connectivity index (χ3v) is 4.91. The Labute approximate surface area is 142 Å². The third kappa shape index (κ3) is 3.42. The molecular formula is C17H16BrN3S. The van der Waals surface area contributed by atoms with Crippen molar-refractivity contribution in [3.63, 3.8) is 0 Å². The van der Waals surface area contributed by atoms with Crippen LogP contribution in [0.2, 0.25) is 0 Å². The minimum atomic E-state index is 0.857. The van der Waals surface area contributed by atoms with Crippen LogP contribution in [0.3, 0.4) is 0 Å². The number of aromatic nitrogens is 3. The zero-order valence-electron chi connectivity index (χ0n) is 12.2. The topological polar surface area (TPSA) is 30.7 Å². The number of hydrogen-bond donors (Lipinski definition) is 0. The van der Waals surface area contributed by atoms with Gasteiger partial charge in [0, 0.05) is 22.3 Å². The van der Waals surface area contributed by atoms with E-state index < -0.39 is 0 Å². The van der Waals surface area contributed by atoms with Crippen molar-refractivity contribution >= 4 is 27.7 Å². The molecule has 1 aromatic heterocycles. The maximum absolute atomic E-state index is 4.38. The first-order valence-corrected chi connectivity index (χ1v) is 8.91. The monoisotopic (exact) mass is 373 g/mol. The van der Waals surface area contributed by atoms with E-state index in [1.54, 1.807) is 11.8 Å². The minimum absolute atomic E-state index is 0.857. The molecule has 0 saturated carbocycles. The van der Waals surface area contributed by atoms with Crippen LogP contribution in [0.4, 0.5) is 0 Å². The van der Waals surface area contributed by atoms with Gasteiger partial charge in [-0.05, 0) is 24.6 Å². The van der Waals surface area contributed by atoms with Gasteiger partial charge in [-0.3, -0.25) is 0 Å². The van der Waals surface area contributed by atoms with Gasteiger partial charge >= 0.3 is 0 Å². The Bertz CT molecular complexity index is 738. The molecule has 1 heterocycles. The smallest absolute Gasteiger partial charge is 0.191 e. The first-order chi connectivity index (χ1) is 10.8. The highest BCUT2D eigenvalue weighted by atomic mass is 79.9. The summed E-state index contributed by atoms with van der Waals surface area (Å²) in [6.45, 7) is 2.98. The van der Waals surface area contributed by atoms with E-state index in [2.05, 4.69) is 74.0 Å². The fraction of sp³-hybridized carbons (Fsp3) is 0.176. The molecule has 112 valence electrons. The summed E-state index contributed by atoms with van der Waals surface area (Å²) in [4.78, 5) is 0. The van der Waals surface area contributed by atoms with Crippen molar-refractivity contribution in [3.8, 4) is 11.4 Å². The summed E-state index contributed by atoms with van der Waals surface area (Å²) in [5.41, 5.74) is 2.38. The Morgan fingerprint density at radius 3 is 2.41 bits per heavy atom. The summed E-state index contributed by atoms with van der Waals surface area (Å²) in [5.74, 6) is 1.82. The van der Waals surface area contributed by atoms with Crippen LogP contribution in [0.1, 0.15) is 12.5 Å². The fourth-order valence-electron chi connectivity index (χ4n) is 2.22. The van der Waals surface area contributed by atoms with Crippen molar-refractivity contribution in [2.24, 2.45) is 0 Å². The van der Waals surface area contributed by atoms with E-state index in [0.717, 1.165) is 33.3 Å². The summed E-state index contributed by atoms with van der Waals surface area (Å²) in [6, 6.07) is 18.6. The number of thioether (sulfide) groups is 1. The van der Waals surface area contributed by atoms with E-state index in [-0.39, 0.29) is 0 Å². The molecule has 3 nitrogen and oxygen atoms in total. The van der Waals surface area contributed by atoms with Crippen LogP contribution in [0.5, 0.6) is 0 Å². The molecule has 0 atom stereocenters. The van der Waals surface area contributed by atoms with Gasteiger partial charge in [-0.15, -0.1) is 10.2 Å². The SMILES string of the molecule is CCn1c(SCc2ccccc2)nnc1-c1ccc(Br)cc1. The molecule has 0 aliphatic heterocycles. The third-order valence-electron chi connectivity index (χ3n) is 3.35. The van der Waals surface area contributed by atoms with Gasteiger partial charge in [0.15, 0.2) is 11.0 Å². The van der Waals surface area contributed by atoms with Crippen LogP contribution >= 0.6 is 27.7 Å². The number of benzene rings is 2. The molecule has 0 spiro atoms. The van der Waals surface area contributed by atoms with Crippen LogP contribution < -0.4 is 0 Å². The molecule has 0 bridgehead atoms. The molecule has 0 fully saturated rings. The lowest BCUT2D eigenvalue weighted by molar-refractivity contribution is 0.687. The molecule has 0 saturated heterocycles. The molecule has 3 rings (SSSR count). The molecule has 0 aliphatic carbocycles. The molecule has 0 radical (unpaired) electrons. The lowest BCUT2D eigenvalue weighted by Crippen LogP contribution is -1.99. The van der Waals surface area contributed by atoms with E-state index in [0.29, 0.717) is 0 Å². The van der Waals surface area contributed by atoms with E-state index >= 15 is 0 Å². The summed E-state index contributed by atoms with van der Waals surface area (Å²) >= 11 is 5.19. The standard InChI is InChI=1S/C17H16BrN3S/c1-2-21-16(14-8-10-15(18)11-9-14)19-20-17(21)22-12-13-6-4-3-5-7-13/h3-11H,2,12H2,1H3. The Hall–Kier alpha value is -1.59. The number of halogens is 1. The van der Waals surface area contributed by atoms with Gasteiger partial charge in [0.05, 0.1) is 0 Å². The van der Waals surface area contributed by atoms with Crippen molar-refractivity contribution in [2.45, 2.75) is 24.4 Å². The normalized spacial score (nSPS) is 10.8. The predicted molar refractivity (Wildman–Crippen MR) is 94.8 cm³/mol. The number of nitrogens with zero attached hydrogens (tertiary/aromatic N) is 3. The number of rotatable bonds is 5. The maximum atomic E-state index is 4.38. The molecule has 5 heteroatoms. The van der Waals surface area contributed by atoms with Gasteiger partial charge < -0.3 is 4.57 Å². The molecule has 0 amide bonds. The van der Waals surface area contributed by atoms with Crippen LogP contribution in [-0.4, -0.2) is 14.8 Å². The van der Waals surface area contributed by atoms with Crippen molar-refractivity contribution in [1.29, 1.82) is 0 Å². The second-order valence-electron chi connectivity index (χ2n) is 4.83. The average molecular weight is 374 g/mol. The van der Waals surface area contributed by atoms with Gasteiger partial charge in [0.25, 0.3) is 0 Å². The van der Waals surface area contributed by atoms with E-state index in [9.17, 15) is 0 Å². The summed E-state index contributed by atoms with van der Waals surface area (Å²) in [7, 11) is 0. The zero-order chi connectivity index (χ0) is 15.4. The van der Waals surface area contributed by atoms with Crippen LogP contribution in [0.15, 0.2) is 64.2 Å². The number of hydrogen-bond acceptors (Lipinski definition) is 3. The predicted octanol–water partition coefficient (Wildman–Crippen LogP) is 5.02. The summed E-state index contributed by atoms with van der Waals surface area (Å²) in [5, 5.41) is 9.70. The highest BCUT2D eigenvalue weighted by Gasteiger charge is 2.13. The molecule has 0 unspecified atom stereocenters. The Morgan fingerprint density at radius 2 is 1.73 bits per heavy atom. The van der Waals surface area contributed by atoms with Crippen LogP contribution in [-0.2, 0) is 12.3 Å².